The van der Waals surface area contributed by atoms with Crippen LogP contribution in [0.3, 0.4) is 0 Å². The highest BCUT2D eigenvalue weighted by Crippen LogP contribution is 2.10. The summed E-state index contributed by atoms with van der Waals surface area (Å²) in [5, 5.41) is 19.1. The van der Waals surface area contributed by atoms with E-state index in [0.717, 1.165) is 11.3 Å². The van der Waals surface area contributed by atoms with Crippen LogP contribution in [0.1, 0.15) is 16.8 Å². The summed E-state index contributed by atoms with van der Waals surface area (Å²) in [5.74, 6) is 0. The summed E-state index contributed by atoms with van der Waals surface area (Å²) in [4.78, 5) is 0. The molecule has 1 aromatic carbocycles. The maximum atomic E-state index is 8.85. The van der Waals surface area contributed by atoms with E-state index >= 15 is 0 Å². The van der Waals surface area contributed by atoms with Crippen LogP contribution in [-0.4, -0.2) is 15.4 Å². The van der Waals surface area contributed by atoms with E-state index in [-0.39, 0.29) is 0 Å². The van der Waals surface area contributed by atoms with Crippen LogP contribution in [0.15, 0.2) is 30.5 Å². The van der Waals surface area contributed by atoms with Crippen molar-refractivity contribution < 1.29 is 0 Å². The van der Waals surface area contributed by atoms with E-state index < -0.39 is 0 Å². The van der Waals surface area contributed by atoms with Crippen LogP contribution in [-0.2, 0) is 6.42 Å². The van der Waals surface area contributed by atoms with Gasteiger partial charge in [0.15, 0.2) is 0 Å². The normalized spacial score (nSPS) is 9.64. The molecule has 0 bridgehead atoms. The molecule has 68 valence electrons. The number of benzene rings is 1. The van der Waals surface area contributed by atoms with E-state index in [0.29, 0.717) is 12.0 Å². The second kappa shape index (κ2) is 3.71. The molecule has 0 radical (unpaired) electrons. The van der Waals surface area contributed by atoms with Gasteiger partial charge >= 0.3 is 0 Å². The molecule has 4 heteroatoms. The Bertz CT molecular complexity index is 453. The number of nitrogens with one attached hydrogen (secondary N) is 1. The second-order valence-corrected chi connectivity index (χ2v) is 2.91. The van der Waals surface area contributed by atoms with Crippen LogP contribution in [0, 0.1) is 11.3 Å². The van der Waals surface area contributed by atoms with Gasteiger partial charge in [-0.2, -0.15) is 20.7 Å². The number of hydrogen-bond donors (Lipinski definition) is 1. The molecule has 1 aromatic heterocycles. The summed E-state index contributed by atoms with van der Waals surface area (Å²) in [6.07, 6.45) is 2.30. The van der Waals surface area contributed by atoms with Crippen LogP contribution >= 0.6 is 0 Å². The third-order valence-electron chi connectivity index (χ3n) is 1.97. The lowest BCUT2D eigenvalue weighted by atomic mass is 10.0. The summed E-state index contributed by atoms with van der Waals surface area (Å²) in [5.41, 5.74) is 2.51. The SMILES string of the molecule is N#Cc1ccccc1Cc1cn[nH]n1. The van der Waals surface area contributed by atoms with Gasteiger partial charge in [0.1, 0.15) is 0 Å². The Morgan fingerprint density at radius 1 is 1.36 bits per heavy atom. The number of aromatic nitrogens is 3. The molecule has 2 aromatic rings. The molecule has 0 saturated carbocycles. The molecule has 0 aliphatic rings. The standard InChI is InChI=1S/C10H8N4/c11-6-9-4-2-1-3-8(9)5-10-7-12-14-13-10/h1-4,7H,5H2,(H,12,13,14). The maximum absolute atomic E-state index is 8.85. The van der Waals surface area contributed by atoms with Crippen molar-refractivity contribution in [2.24, 2.45) is 0 Å². The quantitative estimate of drug-likeness (QED) is 0.764. The zero-order valence-electron chi connectivity index (χ0n) is 7.44. The molecule has 0 saturated heterocycles. The fraction of sp³-hybridized carbons (Fsp3) is 0.100. The lowest BCUT2D eigenvalue weighted by molar-refractivity contribution is 0.915. The molecule has 0 aliphatic carbocycles. The highest BCUT2D eigenvalue weighted by Gasteiger charge is 2.03. The van der Waals surface area contributed by atoms with Gasteiger partial charge in [0.05, 0.1) is 23.5 Å². The molecule has 1 N–H and O–H groups in total. The average Bonchev–Trinajstić information content (AvgIpc) is 2.71. The molecular weight excluding hydrogens is 176 g/mol. The predicted molar refractivity (Wildman–Crippen MR) is 50.3 cm³/mol. The van der Waals surface area contributed by atoms with Gasteiger partial charge in [-0.15, -0.1) is 0 Å². The number of nitriles is 1. The van der Waals surface area contributed by atoms with Gasteiger partial charge < -0.3 is 0 Å². The van der Waals surface area contributed by atoms with Crippen molar-refractivity contribution in [3.05, 3.63) is 47.3 Å². The van der Waals surface area contributed by atoms with Gasteiger partial charge in [-0.1, -0.05) is 18.2 Å². The van der Waals surface area contributed by atoms with Crippen LogP contribution < -0.4 is 0 Å². The fourth-order valence-corrected chi connectivity index (χ4v) is 1.29. The number of rotatable bonds is 2. The van der Waals surface area contributed by atoms with E-state index in [1.807, 2.05) is 18.2 Å². The van der Waals surface area contributed by atoms with Crippen LogP contribution in [0.25, 0.3) is 0 Å². The highest BCUT2D eigenvalue weighted by atomic mass is 15.3. The van der Waals surface area contributed by atoms with E-state index in [2.05, 4.69) is 21.5 Å². The van der Waals surface area contributed by atoms with E-state index in [1.54, 1.807) is 12.3 Å². The molecule has 0 atom stereocenters. The zero-order chi connectivity index (χ0) is 9.80. The highest BCUT2D eigenvalue weighted by molar-refractivity contribution is 5.39. The Balaban J connectivity index is 2.30. The van der Waals surface area contributed by atoms with Crippen molar-refractivity contribution in [2.45, 2.75) is 6.42 Å². The number of nitrogens with zero attached hydrogens (tertiary/aromatic N) is 3. The summed E-state index contributed by atoms with van der Waals surface area (Å²) in [6.45, 7) is 0. The Morgan fingerprint density at radius 3 is 2.93 bits per heavy atom. The number of H-pyrrole nitrogens is 1. The van der Waals surface area contributed by atoms with Crippen molar-refractivity contribution >= 4 is 0 Å². The van der Waals surface area contributed by atoms with Crippen molar-refractivity contribution in [2.75, 3.05) is 0 Å². The molecule has 0 amide bonds. The zero-order valence-corrected chi connectivity index (χ0v) is 7.44. The Kier molecular flexibility index (Phi) is 2.24. The van der Waals surface area contributed by atoms with E-state index in [9.17, 15) is 0 Å². The fourth-order valence-electron chi connectivity index (χ4n) is 1.29. The van der Waals surface area contributed by atoms with Gasteiger partial charge in [0.25, 0.3) is 0 Å². The summed E-state index contributed by atoms with van der Waals surface area (Å²) >= 11 is 0. The Labute approximate surface area is 81.2 Å². The van der Waals surface area contributed by atoms with Crippen LogP contribution in [0.2, 0.25) is 0 Å². The lowest BCUT2D eigenvalue weighted by Gasteiger charge is -1.99. The summed E-state index contributed by atoms with van der Waals surface area (Å²) < 4.78 is 0. The third-order valence-corrected chi connectivity index (χ3v) is 1.97. The van der Waals surface area contributed by atoms with E-state index in [1.165, 1.54) is 0 Å². The minimum absolute atomic E-state index is 0.639. The first kappa shape index (κ1) is 8.45. The van der Waals surface area contributed by atoms with Gasteiger partial charge in [0, 0.05) is 6.42 Å². The molecule has 0 unspecified atom stereocenters. The monoisotopic (exact) mass is 184 g/mol. The minimum atomic E-state index is 0.639. The molecule has 1 heterocycles. The molecule has 0 aliphatic heterocycles. The third kappa shape index (κ3) is 1.62. The second-order valence-electron chi connectivity index (χ2n) is 2.91. The molecule has 0 fully saturated rings. The van der Waals surface area contributed by atoms with Crippen LogP contribution in [0.4, 0.5) is 0 Å². The first-order chi connectivity index (χ1) is 6.90. The summed E-state index contributed by atoms with van der Waals surface area (Å²) in [7, 11) is 0. The molecular formula is C10H8N4. The molecule has 0 spiro atoms. The van der Waals surface area contributed by atoms with E-state index in [4.69, 9.17) is 5.26 Å². The van der Waals surface area contributed by atoms with Crippen molar-refractivity contribution in [3.63, 3.8) is 0 Å². The largest absolute Gasteiger partial charge is 0.198 e. The predicted octanol–water partition coefficient (Wildman–Crippen LogP) is 1.27. The first-order valence-electron chi connectivity index (χ1n) is 4.23. The van der Waals surface area contributed by atoms with Crippen LogP contribution in [0.5, 0.6) is 0 Å². The minimum Gasteiger partial charge on any atom is -0.198 e. The van der Waals surface area contributed by atoms with Crippen molar-refractivity contribution in [1.82, 2.24) is 15.4 Å². The average molecular weight is 184 g/mol. The van der Waals surface area contributed by atoms with Gasteiger partial charge in [-0.3, -0.25) is 0 Å². The molecule has 2 rings (SSSR count). The van der Waals surface area contributed by atoms with Gasteiger partial charge in [0.2, 0.25) is 0 Å². The Morgan fingerprint density at radius 2 is 2.21 bits per heavy atom. The lowest BCUT2D eigenvalue weighted by Crippen LogP contribution is -1.92. The number of aromatic amines is 1. The Hall–Kier alpha value is -2.15. The number of hydrogen-bond acceptors (Lipinski definition) is 3. The maximum Gasteiger partial charge on any atom is 0.0994 e. The van der Waals surface area contributed by atoms with Crippen molar-refractivity contribution in [3.8, 4) is 6.07 Å². The smallest absolute Gasteiger partial charge is 0.0994 e. The molecule has 4 nitrogen and oxygen atoms in total. The molecule has 14 heavy (non-hydrogen) atoms. The summed E-state index contributed by atoms with van der Waals surface area (Å²) in [6, 6.07) is 9.64. The van der Waals surface area contributed by atoms with Gasteiger partial charge in [-0.25, -0.2) is 0 Å². The van der Waals surface area contributed by atoms with Crippen molar-refractivity contribution in [1.29, 1.82) is 5.26 Å². The van der Waals surface area contributed by atoms with Gasteiger partial charge in [-0.05, 0) is 11.6 Å². The topological polar surface area (TPSA) is 65.4 Å². The first-order valence-corrected chi connectivity index (χ1v) is 4.23.